The molecular formula is C16H32N2O. The fourth-order valence-corrected chi connectivity index (χ4v) is 3.97. The molecule has 3 heteroatoms. The monoisotopic (exact) mass is 268 g/mol. The fraction of sp³-hybridized carbons (Fsp3) is 1.00. The molecule has 0 aromatic heterocycles. The first-order valence-electron chi connectivity index (χ1n) is 8.08. The van der Waals surface area contributed by atoms with E-state index in [1.165, 1.54) is 25.9 Å². The van der Waals surface area contributed by atoms with Gasteiger partial charge in [-0.05, 0) is 44.1 Å². The molecule has 4 unspecified atom stereocenters. The lowest BCUT2D eigenvalue weighted by molar-refractivity contribution is 0.0855. The minimum atomic E-state index is -0.0227. The first-order valence-corrected chi connectivity index (χ1v) is 8.08. The maximum atomic E-state index is 9.79. The average Bonchev–Trinajstić information content (AvgIpc) is 2.77. The summed E-state index contributed by atoms with van der Waals surface area (Å²) in [6.45, 7) is 11.9. The van der Waals surface area contributed by atoms with Crippen LogP contribution in [-0.2, 0) is 0 Å². The van der Waals surface area contributed by atoms with E-state index in [9.17, 15) is 5.11 Å². The molecule has 0 radical (unpaired) electrons. The van der Waals surface area contributed by atoms with Gasteiger partial charge in [-0.25, -0.2) is 0 Å². The van der Waals surface area contributed by atoms with Crippen molar-refractivity contribution in [3.05, 3.63) is 0 Å². The number of likely N-dealkylation sites (tertiary alicyclic amines) is 1. The van der Waals surface area contributed by atoms with Crippen LogP contribution in [0.1, 0.15) is 53.4 Å². The van der Waals surface area contributed by atoms with Crippen molar-refractivity contribution >= 4 is 0 Å². The van der Waals surface area contributed by atoms with Crippen LogP contribution in [0, 0.1) is 11.8 Å². The Morgan fingerprint density at radius 2 is 2.00 bits per heavy atom. The fourth-order valence-electron chi connectivity index (χ4n) is 3.97. The maximum absolute atomic E-state index is 9.79. The van der Waals surface area contributed by atoms with E-state index in [1.54, 1.807) is 0 Å². The van der Waals surface area contributed by atoms with Crippen molar-refractivity contribution in [2.24, 2.45) is 11.8 Å². The van der Waals surface area contributed by atoms with Crippen molar-refractivity contribution in [1.82, 2.24) is 10.2 Å². The van der Waals surface area contributed by atoms with E-state index >= 15 is 0 Å². The number of nitrogens with one attached hydrogen (secondary N) is 1. The van der Waals surface area contributed by atoms with Gasteiger partial charge in [0.1, 0.15) is 0 Å². The Labute approximate surface area is 118 Å². The minimum absolute atomic E-state index is 0.0227. The summed E-state index contributed by atoms with van der Waals surface area (Å²) in [5.74, 6) is 1.69. The quantitative estimate of drug-likeness (QED) is 0.821. The summed E-state index contributed by atoms with van der Waals surface area (Å²) < 4.78 is 0. The summed E-state index contributed by atoms with van der Waals surface area (Å²) in [6.07, 6.45) is 4.80. The average molecular weight is 268 g/mol. The molecule has 2 N–H and O–H groups in total. The van der Waals surface area contributed by atoms with Crippen LogP contribution in [0.5, 0.6) is 0 Å². The predicted molar refractivity (Wildman–Crippen MR) is 80.2 cm³/mol. The topological polar surface area (TPSA) is 35.5 Å². The van der Waals surface area contributed by atoms with E-state index in [0.29, 0.717) is 12.1 Å². The third kappa shape index (κ3) is 3.50. The Balaban J connectivity index is 1.93. The predicted octanol–water partition coefficient (Wildman–Crippen LogP) is 2.25. The smallest absolute Gasteiger partial charge is 0.0614 e. The molecule has 0 bridgehead atoms. The summed E-state index contributed by atoms with van der Waals surface area (Å²) in [5.41, 5.74) is -0.0227. The first kappa shape index (κ1) is 15.3. The second kappa shape index (κ2) is 6.11. The normalized spacial score (nSPS) is 41.1. The highest BCUT2D eigenvalue weighted by molar-refractivity contribution is 5.00. The van der Waals surface area contributed by atoms with Crippen molar-refractivity contribution in [1.29, 1.82) is 0 Å². The van der Waals surface area contributed by atoms with Crippen molar-refractivity contribution in [2.75, 3.05) is 19.7 Å². The molecule has 0 aromatic carbocycles. The van der Waals surface area contributed by atoms with Crippen LogP contribution < -0.4 is 5.32 Å². The first-order chi connectivity index (χ1) is 8.96. The SMILES string of the molecule is CC(C)NC1(CO)CCC(N2CCC(C)C(C)C2)C1. The molecule has 3 nitrogen and oxygen atoms in total. The lowest BCUT2D eigenvalue weighted by Gasteiger charge is -2.40. The molecule has 0 aromatic rings. The van der Waals surface area contributed by atoms with Gasteiger partial charge >= 0.3 is 0 Å². The summed E-state index contributed by atoms with van der Waals surface area (Å²) in [6, 6.07) is 1.12. The van der Waals surface area contributed by atoms with Crippen LogP contribution in [0.4, 0.5) is 0 Å². The van der Waals surface area contributed by atoms with Crippen molar-refractivity contribution in [2.45, 2.75) is 71.0 Å². The number of aliphatic hydroxyl groups excluding tert-OH is 1. The molecule has 1 aliphatic heterocycles. The van der Waals surface area contributed by atoms with Gasteiger partial charge in [0.15, 0.2) is 0 Å². The van der Waals surface area contributed by atoms with E-state index < -0.39 is 0 Å². The van der Waals surface area contributed by atoms with Gasteiger partial charge in [-0.1, -0.05) is 27.7 Å². The van der Waals surface area contributed by atoms with E-state index in [1.807, 2.05) is 0 Å². The third-order valence-corrected chi connectivity index (χ3v) is 5.36. The Kier molecular flexibility index (Phi) is 4.91. The van der Waals surface area contributed by atoms with Gasteiger partial charge in [0.25, 0.3) is 0 Å². The molecule has 4 atom stereocenters. The van der Waals surface area contributed by atoms with Crippen LogP contribution >= 0.6 is 0 Å². The van der Waals surface area contributed by atoms with Crippen LogP contribution in [0.25, 0.3) is 0 Å². The van der Waals surface area contributed by atoms with Crippen molar-refractivity contribution in [3.63, 3.8) is 0 Å². The van der Waals surface area contributed by atoms with Gasteiger partial charge in [-0.2, -0.15) is 0 Å². The molecule has 1 heterocycles. The largest absolute Gasteiger partial charge is 0.394 e. The number of hydrogen-bond donors (Lipinski definition) is 2. The van der Waals surface area contributed by atoms with Gasteiger partial charge in [0.2, 0.25) is 0 Å². The molecule has 0 spiro atoms. The van der Waals surface area contributed by atoms with Crippen molar-refractivity contribution in [3.8, 4) is 0 Å². The van der Waals surface area contributed by atoms with Crippen LogP contribution in [0.2, 0.25) is 0 Å². The van der Waals surface area contributed by atoms with E-state index in [4.69, 9.17) is 0 Å². The van der Waals surface area contributed by atoms with Crippen LogP contribution in [0.15, 0.2) is 0 Å². The zero-order valence-electron chi connectivity index (χ0n) is 13.2. The van der Waals surface area contributed by atoms with E-state index in [-0.39, 0.29) is 12.1 Å². The minimum Gasteiger partial charge on any atom is -0.394 e. The molecule has 0 amide bonds. The number of aliphatic hydroxyl groups is 1. The highest BCUT2D eigenvalue weighted by Gasteiger charge is 2.42. The van der Waals surface area contributed by atoms with Crippen LogP contribution in [-0.4, -0.2) is 47.3 Å². The summed E-state index contributed by atoms with van der Waals surface area (Å²) in [4.78, 5) is 2.68. The maximum Gasteiger partial charge on any atom is 0.0614 e. The molecule has 1 saturated heterocycles. The second-order valence-electron chi connectivity index (χ2n) is 7.37. The lowest BCUT2D eigenvalue weighted by atomic mass is 9.87. The molecule has 1 aliphatic carbocycles. The molecule has 2 rings (SSSR count). The van der Waals surface area contributed by atoms with Gasteiger partial charge in [0, 0.05) is 24.2 Å². The van der Waals surface area contributed by atoms with Crippen LogP contribution in [0.3, 0.4) is 0 Å². The molecule has 1 saturated carbocycles. The molecule has 2 aliphatic rings. The summed E-state index contributed by atoms with van der Waals surface area (Å²) in [7, 11) is 0. The summed E-state index contributed by atoms with van der Waals surface area (Å²) >= 11 is 0. The van der Waals surface area contributed by atoms with Gasteiger partial charge < -0.3 is 15.3 Å². The molecule has 112 valence electrons. The Morgan fingerprint density at radius 1 is 1.26 bits per heavy atom. The highest BCUT2D eigenvalue weighted by Crippen LogP contribution is 2.36. The zero-order chi connectivity index (χ0) is 14.0. The Morgan fingerprint density at radius 3 is 2.58 bits per heavy atom. The second-order valence-corrected chi connectivity index (χ2v) is 7.37. The molecular weight excluding hydrogens is 236 g/mol. The number of piperidine rings is 1. The summed E-state index contributed by atoms with van der Waals surface area (Å²) in [5, 5.41) is 13.4. The van der Waals surface area contributed by atoms with Gasteiger partial charge in [-0.3, -0.25) is 0 Å². The third-order valence-electron chi connectivity index (χ3n) is 5.36. The molecule has 2 fully saturated rings. The number of nitrogens with zero attached hydrogens (tertiary/aromatic N) is 1. The van der Waals surface area contributed by atoms with E-state index in [0.717, 1.165) is 24.7 Å². The number of rotatable bonds is 4. The van der Waals surface area contributed by atoms with Gasteiger partial charge in [0.05, 0.1) is 6.61 Å². The lowest BCUT2D eigenvalue weighted by Crippen LogP contribution is -2.51. The Hall–Kier alpha value is -0.120. The van der Waals surface area contributed by atoms with Crippen molar-refractivity contribution < 1.29 is 5.11 Å². The Bertz CT molecular complexity index is 294. The zero-order valence-corrected chi connectivity index (χ0v) is 13.2. The van der Waals surface area contributed by atoms with E-state index in [2.05, 4.69) is 37.9 Å². The van der Waals surface area contributed by atoms with Gasteiger partial charge in [-0.15, -0.1) is 0 Å². The number of hydrogen-bond acceptors (Lipinski definition) is 3. The standard InChI is InChI=1S/C16H32N2O/c1-12(2)17-16(11-19)7-5-15(9-16)18-8-6-13(3)14(4)10-18/h12-15,17,19H,5-11H2,1-4H3. The highest BCUT2D eigenvalue weighted by atomic mass is 16.3. The molecule has 19 heavy (non-hydrogen) atoms.